The van der Waals surface area contributed by atoms with Crippen LogP contribution < -0.4 is 4.72 Å². The molecule has 4 aromatic rings. The topological polar surface area (TPSA) is 111 Å². The minimum atomic E-state index is -3.98. The van der Waals surface area contributed by atoms with Gasteiger partial charge in [-0.2, -0.15) is 0 Å². The van der Waals surface area contributed by atoms with E-state index in [1.807, 2.05) is 0 Å². The fourth-order valence-electron chi connectivity index (χ4n) is 2.20. The molecule has 0 saturated carbocycles. The number of sulfonamides is 1. The molecule has 4 rings (SSSR count). The Morgan fingerprint density at radius 2 is 1.87 bits per heavy atom. The van der Waals surface area contributed by atoms with Gasteiger partial charge >= 0.3 is 0 Å². The quantitative estimate of drug-likeness (QED) is 0.604. The first-order valence-electron chi connectivity index (χ1n) is 6.34. The standard InChI is InChI=1S/C13H7ClN4O4S/c14-7-3-1-5-9-11(7)13(17-21-9)18-23(19,20)10-6-2-4-8-12(10)16-22-15-8/h1-6H,(H,17,18). The SMILES string of the molecule is O=S(=O)(Nc1noc2cccc(Cl)c12)c1cccc2nonc12. The average Bonchev–Trinajstić information content (AvgIpc) is 3.14. The highest BCUT2D eigenvalue weighted by Gasteiger charge is 2.23. The molecule has 0 atom stereocenters. The molecule has 0 bridgehead atoms. The van der Waals surface area contributed by atoms with Crippen LogP contribution in [0.3, 0.4) is 0 Å². The molecule has 2 aromatic heterocycles. The summed E-state index contributed by atoms with van der Waals surface area (Å²) in [6.45, 7) is 0. The van der Waals surface area contributed by atoms with Crippen LogP contribution in [0, 0.1) is 0 Å². The van der Waals surface area contributed by atoms with E-state index in [1.54, 1.807) is 24.3 Å². The van der Waals surface area contributed by atoms with E-state index in [4.69, 9.17) is 16.1 Å². The normalized spacial score (nSPS) is 12.0. The van der Waals surface area contributed by atoms with Crippen molar-refractivity contribution in [3.8, 4) is 0 Å². The molecule has 8 nitrogen and oxygen atoms in total. The molecule has 116 valence electrons. The summed E-state index contributed by atoms with van der Waals surface area (Å²) in [6, 6.07) is 9.44. The number of nitrogens with zero attached hydrogens (tertiary/aromatic N) is 3. The fraction of sp³-hybridized carbons (Fsp3) is 0. The van der Waals surface area contributed by atoms with Crippen LogP contribution in [0.1, 0.15) is 0 Å². The maximum absolute atomic E-state index is 12.6. The maximum atomic E-state index is 12.6. The first-order valence-corrected chi connectivity index (χ1v) is 8.20. The molecule has 0 spiro atoms. The number of anilines is 1. The van der Waals surface area contributed by atoms with Gasteiger partial charge in [0.1, 0.15) is 10.4 Å². The molecule has 0 saturated heterocycles. The van der Waals surface area contributed by atoms with Crippen molar-refractivity contribution in [1.82, 2.24) is 15.5 Å². The van der Waals surface area contributed by atoms with Gasteiger partial charge < -0.3 is 4.52 Å². The number of rotatable bonds is 3. The van der Waals surface area contributed by atoms with Crippen molar-refractivity contribution < 1.29 is 17.6 Å². The second-order valence-electron chi connectivity index (χ2n) is 4.64. The monoisotopic (exact) mass is 350 g/mol. The minimum Gasteiger partial charge on any atom is -0.354 e. The lowest BCUT2D eigenvalue weighted by Crippen LogP contribution is -2.14. The second kappa shape index (κ2) is 4.93. The molecule has 10 heteroatoms. The Balaban J connectivity index is 1.85. The van der Waals surface area contributed by atoms with E-state index in [0.717, 1.165) is 0 Å². The summed E-state index contributed by atoms with van der Waals surface area (Å²) >= 11 is 6.08. The van der Waals surface area contributed by atoms with E-state index in [0.29, 0.717) is 21.5 Å². The van der Waals surface area contributed by atoms with Crippen LogP contribution in [0.15, 0.2) is 50.4 Å². The van der Waals surface area contributed by atoms with Gasteiger partial charge in [0, 0.05) is 0 Å². The van der Waals surface area contributed by atoms with Gasteiger partial charge in [-0.05, 0) is 34.6 Å². The zero-order valence-electron chi connectivity index (χ0n) is 11.2. The smallest absolute Gasteiger partial charge is 0.265 e. The van der Waals surface area contributed by atoms with Crippen LogP contribution in [0.5, 0.6) is 0 Å². The lowest BCUT2D eigenvalue weighted by molar-refractivity contribution is 0.315. The first kappa shape index (κ1) is 14.0. The van der Waals surface area contributed by atoms with Crippen molar-refractivity contribution in [2.45, 2.75) is 4.90 Å². The Morgan fingerprint density at radius 3 is 2.74 bits per heavy atom. The van der Waals surface area contributed by atoms with E-state index >= 15 is 0 Å². The van der Waals surface area contributed by atoms with Gasteiger partial charge in [-0.3, -0.25) is 4.72 Å². The third kappa shape index (κ3) is 2.21. The molecule has 0 fully saturated rings. The Kier molecular flexibility index (Phi) is 3.00. The zero-order valence-corrected chi connectivity index (χ0v) is 12.8. The minimum absolute atomic E-state index is 0.000873. The van der Waals surface area contributed by atoms with Crippen LogP contribution in [0.25, 0.3) is 22.0 Å². The van der Waals surface area contributed by atoms with Crippen molar-refractivity contribution >= 4 is 49.4 Å². The summed E-state index contributed by atoms with van der Waals surface area (Å²) in [5.74, 6) is -0.000873. The highest BCUT2D eigenvalue weighted by Crippen LogP contribution is 2.32. The molecule has 23 heavy (non-hydrogen) atoms. The Hall–Kier alpha value is -2.65. The fourth-order valence-corrected chi connectivity index (χ4v) is 3.61. The van der Waals surface area contributed by atoms with Gasteiger partial charge in [-0.1, -0.05) is 28.9 Å². The van der Waals surface area contributed by atoms with E-state index in [-0.39, 0.29) is 16.2 Å². The van der Waals surface area contributed by atoms with Gasteiger partial charge in [0.15, 0.2) is 16.9 Å². The number of fused-ring (bicyclic) bond motifs is 2. The highest BCUT2D eigenvalue weighted by molar-refractivity contribution is 7.93. The van der Waals surface area contributed by atoms with Crippen molar-refractivity contribution in [2.24, 2.45) is 0 Å². The van der Waals surface area contributed by atoms with E-state index in [9.17, 15) is 8.42 Å². The molecule has 0 aliphatic heterocycles. The van der Waals surface area contributed by atoms with Crippen LogP contribution >= 0.6 is 11.6 Å². The van der Waals surface area contributed by atoms with E-state index in [2.05, 4.69) is 24.8 Å². The number of halogens is 1. The first-order chi connectivity index (χ1) is 11.1. The van der Waals surface area contributed by atoms with E-state index in [1.165, 1.54) is 12.1 Å². The summed E-state index contributed by atoms with van der Waals surface area (Å²) in [5, 5.41) is 11.7. The molecule has 2 heterocycles. The van der Waals surface area contributed by atoms with Gasteiger partial charge in [0.25, 0.3) is 10.0 Å². The number of nitrogens with one attached hydrogen (secondary N) is 1. The summed E-state index contributed by atoms with van der Waals surface area (Å²) in [6.07, 6.45) is 0. The molecule has 0 aliphatic rings. The van der Waals surface area contributed by atoms with Gasteiger partial charge in [-0.25, -0.2) is 13.0 Å². The third-order valence-corrected chi connectivity index (χ3v) is 4.90. The average molecular weight is 351 g/mol. The lowest BCUT2D eigenvalue weighted by Gasteiger charge is -2.05. The van der Waals surface area contributed by atoms with Gasteiger partial charge in [0.2, 0.25) is 0 Å². The summed E-state index contributed by atoms with van der Waals surface area (Å²) in [4.78, 5) is -0.0838. The molecule has 0 aliphatic carbocycles. The second-order valence-corrected chi connectivity index (χ2v) is 6.70. The van der Waals surface area contributed by atoms with Gasteiger partial charge in [0.05, 0.1) is 10.4 Å². The molecule has 0 unspecified atom stereocenters. The molecular weight excluding hydrogens is 344 g/mol. The Labute approximate surface area is 134 Å². The van der Waals surface area contributed by atoms with Gasteiger partial charge in [-0.15, -0.1) is 0 Å². The highest BCUT2D eigenvalue weighted by atomic mass is 35.5. The predicted molar refractivity (Wildman–Crippen MR) is 81.6 cm³/mol. The summed E-state index contributed by atoms with van der Waals surface area (Å²) < 4.78 is 37.3. The van der Waals surface area contributed by atoms with E-state index < -0.39 is 10.0 Å². The van der Waals surface area contributed by atoms with Crippen molar-refractivity contribution in [1.29, 1.82) is 0 Å². The number of hydrogen-bond donors (Lipinski definition) is 1. The van der Waals surface area contributed by atoms with Crippen LogP contribution in [-0.2, 0) is 10.0 Å². The van der Waals surface area contributed by atoms with Crippen molar-refractivity contribution in [3.05, 3.63) is 41.4 Å². The number of aromatic nitrogens is 3. The Morgan fingerprint density at radius 1 is 1.04 bits per heavy atom. The molecule has 0 radical (unpaired) electrons. The summed E-state index contributed by atoms with van der Waals surface area (Å²) in [7, 11) is -3.98. The molecule has 2 aromatic carbocycles. The third-order valence-electron chi connectivity index (χ3n) is 3.22. The summed E-state index contributed by atoms with van der Waals surface area (Å²) in [5.41, 5.74) is 0.825. The Bertz CT molecular complexity index is 1140. The molecular formula is C13H7ClN4O4S. The molecule has 1 N–H and O–H groups in total. The lowest BCUT2D eigenvalue weighted by atomic mass is 10.2. The van der Waals surface area contributed by atoms with Crippen LogP contribution in [-0.4, -0.2) is 23.9 Å². The largest absolute Gasteiger partial charge is 0.354 e. The number of benzene rings is 2. The molecule has 0 amide bonds. The van der Waals surface area contributed by atoms with Crippen LogP contribution in [0.4, 0.5) is 5.82 Å². The zero-order chi connectivity index (χ0) is 16.0. The van der Waals surface area contributed by atoms with Crippen molar-refractivity contribution in [3.63, 3.8) is 0 Å². The predicted octanol–water partition coefficient (Wildman–Crippen LogP) is 2.82. The van der Waals surface area contributed by atoms with Crippen LogP contribution in [0.2, 0.25) is 5.02 Å². The number of hydrogen-bond acceptors (Lipinski definition) is 7. The van der Waals surface area contributed by atoms with Crippen molar-refractivity contribution in [2.75, 3.05) is 4.72 Å². The maximum Gasteiger partial charge on any atom is 0.265 e.